The van der Waals surface area contributed by atoms with Crippen LogP contribution in [-0.4, -0.2) is 35.1 Å². The normalized spacial score (nSPS) is 25.5. The van der Waals surface area contributed by atoms with Crippen molar-refractivity contribution in [1.82, 2.24) is 4.90 Å². The van der Waals surface area contributed by atoms with Gasteiger partial charge in [0.05, 0.1) is 0 Å². The first-order valence-corrected chi connectivity index (χ1v) is 8.22. The predicted octanol–water partition coefficient (Wildman–Crippen LogP) is 2.80. The molecule has 0 radical (unpaired) electrons. The van der Waals surface area contributed by atoms with Gasteiger partial charge in [-0.15, -0.1) is 0 Å². The van der Waals surface area contributed by atoms with Gasteiger partial charge in [0.15, 0.2) is 0 Å². The van der Waals surface area contributed by atoms with Crippen molar-refractivity contribution in [3.05, 3.63) is 34.9 Å². The van der Waals surface area contributed by atoms with E-state index in [1.165, 1.54) is 24.0 Å². The largest absolute Gasteiger partial charge is 0.396 e. The molecule has 0 saturated carbocycles. The van der Waals surface area contributed by atoms with Gasteiger partial charge in [0.2, 0.25) is 0 Å². The smallest absolute Gasteiger partial charge is 0.254 e. The molecule has 1 amide bonds. The highest BCUT2D eigenvalue weighted by Crippen LogP contribution is 2.26. The molecule has 2 aliphatic rings. The maximum absolute atomic E-state index is 12.8. The van der Waals surface area contributed by atoms with E-state index in [0.717, 1.165) is 31.2 Å². The molecule has 114 valence electrons. The van der Waals surface area contributed by atoms with E-state index in [1.54, 1.807) is 0 Å². The van der Waals surface area contributed by atoms with E-state index in [1.807, 2.05) is 11.0 Å². The van der Waals surface area contributed by atoms with Crippen LogP contribution in [0, 0.1) is 5.92 Å². The zero-order valence-corrected chi connectivity index (χ0v) is 12.8. The molecule has 3 nitrogen and oxygen atoms in total. The van der Waals surface area contributed by atoms with E-state index in [4.69, 9.17) is 0 Å². The van der Waals surface area contributed by atoms with Crippen LogP contribution in [0.25, 0.3) is 0 Å². The molecule has 3 rings (SSSR count). The molecule has 0 aromatic heterocycles. The quantitative estimate of drug-likeness (QED) is 0.908. The first-order chi connectivity index (χ1) is 10.2. The Labute approximate surface area is 127 Å². The van der Waals surface area contributed by atoms with Gasteiger partial charge in [-0.3, -0.25) is 4.79 Å². The average molecular weight is 287 g/mol. The van der Waals surface area contributed by atoms with Crippen LogP contribution >= 0.6 is 0 Å². The van der Waals surface area contributed by atoms with Crippen LogP contribution in [0.1, 0.15) is 54.1 Å². The highest BCUT2D eigenvalue weighted by molar-refractivity contribution is 5.94. The van der Waals surface area contributed by atoms with Crippen molar-refractivity contribution < 1.29 is 9.90 Å². The maximum Gasteiger partial charge on any atom is 0.254 e. The first-order valence-electron chi connectivity index (χ1n) is 8.22. The second kappa shape index (κ2) is 6.18. The number of nitrogens with zero attached hydrogens (tertiary/aromatic N) is 1. The van der Waals surface area contributed by atoms with E-state index in [-0.39, 0.29) is 24.5 Å². The number of likely N-dealkylation sites (tertiary alicyclic amines) is 1. The molecule has 1 aromatic rings. The minimum absolute atomic E-state index is 0.133. The zero-order valence-electron chi connectivity index (χ0n) is 12.8. The number of fused-ring (bicyclic) bond motifs is 1. The lowest BCUT2D eigenvalue weighted by molar-refractivity contribution is 0.0489. The summed E-state index contributed by atoms with van der Waals surface area (Å²) in [4.78, 5) is 14.8. The summed E-state index contributed by atoms with van der Waals surface area (Å²) in [6, 6.07) is 6.50. The summed E-state index contributed by atoms with van der Waals surface area (Å²) >= 11 is 0. The lowest BCUT2D eigenvalue weighted by Gasteiger charge is -2.37. The van der Waals surface area contributed by atoms with Crippen molar-refractivity contribution >= 4 is 5.91 Å². The van der Waals surface area contributed by atoms with Crippen LogP contribution < -0.4 is 0 Å². The third kappa shape index (κ3) is 2.98. The van der Waals surface area contributed by atoms with Crippen molar-refractivity contribution in [1.29, 1.82) is 0 Å². The fourth-order valence-corrected chi connectivity index (χ4v) is 3.65. The minimum atomic E-state index is 0.133. The summed E-state index contributed by atoms with van der Waals surface area (Å²) in [7, 11) is 0. The molecule has 1 fully saturated rings. The van der Waals surface area contributed by atoms with Crippen molar-refractivity contribution in [2.24, 2.45) is 5.92 Å². The molecule has 0 bridgehead atoms. The number of piperidine rings is 1. The minimum Gasteiger partial charge on any atom is -0.396 e. The van der Waals surface area contributed by atoms with Gasteiger partial charge in [0.1, 0.15) is 0 Å². The highest BCUT2D eigenvalue weighted by Gasteiger charge is 2.29. The third-order valence-electron chi connectivity index (χ3n) is 5.09. The fraction of sp³-hybridized carbons (Fsp3) is 0.611. The summed E-state index contributed by atoms with van der Waals surface area (Å²) in [5.74, 6) is 0.372. The molecular weight excluding hydrogens is 262 g/mol. The number of carbonyl (C=O) groups excluding carboxylic acids is 1. The molecule has 0 spiro atoms. The van der Waals surface area contributed by atoms with E-state index in [0.29, 0.717) is 6.54 Å². The number of rotatable bonds is 2. The van der Waals surface area contributed by atoms with Gasteiger partial charge in [-0.25, -0.2) is 0 Å². The zero-order chi connectivity index (χ0) is 14.8. The number of aryl methyl sites for hydroxylation is 2. The van der Waals surface area contributed by atoms with Crippen LogP contribution in [0.15, 0.2) is 18.2 Å². The second-order valence-electron chi connectivity index (χ2n) is 6.62. The lowest BCUT2D eigenvalue weighted by Crippen LogP contribution is -2.46. The number of benzene rings is 1. The van der Waals surface area contributed by atoms with Gasteiger partial charge >= 0.3 is 0 Å². The van der Waals surface area contributed by atoms with E-state index in [9.17, 15) is 9.90 Å². The molecule has 1 aromatic carbocycles. The van der Waals surface area contributed by atoms with Crippen LogP contribution in [-0.2, 0) is 12.8 Å². The Bertz CT molecular complexity index is 526. The van der Waals surface area contributed by atoms with Gasteiger partial charge in [-0.2, -0.15) is 0 Å². The Balaban J connectivity index is 1.80. The molecule has 3 heteroatoms. The number of hydrogen-bond acceptors (Lipinski definition) is 2. The van der Waals surface area contributed by atoms with Crippen LogP contribution in [0.4, 0.5) is 0 Å². The predicted molar refractivity (Wildman–Crippen MR) is 83.4 cm³/mol. The monoisotopic (exact) mass is 287 g/mol. The van der Waals surface area contributed by atoms with Gasteiger partial charge in [-0.1, -0.05) is 6.07 Å². The van der Waals surface area contributed by atoms with E-state index in [2.05, 4.69) is 19.1 Å². The standard InChI is InChI=1S/C18H25NO2/c1-13-6-7-14(12-20)11-19(13)18(21)17-9-8-15-4-2-3-5-16(15)10-17/h8-10,13-14,20H,2-7,11-12H2,1H3. The van der Waals surface area contributed by atoms with Crippen molar-refractivity contribution in [2.75, 3.05) is 13.2 Å². The molecule has 1 N–H and O–H groups in total. The number of hydrogen-bond donors (Lipinski definition) is 1. The summed E-state index contributed by atoms with van der Waals surface area (Å²) in [5, 5.41) is 9.37. The van der Waals surface area contributed by atoms with Crippen molar-refractivity contribution in [2.45, 2.75) is 51.5 Å². The van der Waals surface area contributed by atoms with Crippen LogP contribution in [0.2, 0.25) is 0 Å². The van der Waals surface area contributed by atoms with Crippen LogP contribution in [0.5, 0.6) is 0 Å². The summed E-state index contributed by atoms with van der Waals surface area (Å²) in [5.41, 5.74) is 3.59. The molecular formula is C18H25NO2. The summed E-state index contributed by atoms with van der Waals surface area (Å²) in [6.07, 6.45) is 6.76. The van der Waals surface area contributed by atoms with Gasteiger partial charge in [-0.05, 0) is 74.6 Å². The SMILES string of the molecule is CC1CCC(CO)CN1C(=O)c1ccc2c(c1)CCCC2. The Morgan fingerprint density at radius 1 is 1.24 bits per heavy atom. The summed E-state index contributed by atoms with van der Waals surface area (Å²) in [6.45, 7) is 2.98. The van der Waals surface area contributed by atoms with Gasteiger partial charge in [0.25, 0.3) is 5.91 Å². The molecule has 21 heavy (non-hydrogen) atoms. The summed E-state index contributed by atoms with van der Waals surface area (Å²) < 4.78 is 0. The first kappa shape index (κ1) is 14.6. The van der Waals surface area contributed by atoms with Gasteiger partial charge in [0, 0.05) is 24.8 Å². The maximum atomic E-state index is 12.8. The molecule has 1 heterocycles. The average Bonchev–Trinajstić information content (AvgIpc) is 2.54. The van der Waals surface area contributed by atoms with E-state index < -0.39 is 0 Å². The molecule has 1 aliphatic carbocycles. The Kier molecular flexibility index (Phi) is 4.29. The van der Waals surface area contributed by atoms with E-state index >= 15 is 0 Å². The topological polar surface area (TPSA) is 40.5 Å². The number of carbonyl (C=O) groups is 1. The number of amides is 1. The lowest BCUT2D eigenvalue weighted by atomic mass is 9.89. The van der Waals surface area contributed by atoms with Gasteiger partial charge < -0.3 is 10.0 Å². The molecule has 1 saturated heterocycles. The third-order valence-corrected chi connectivity index (χ3v) is 5.09. The number of aliphatic hydroxyl groups is 1. The number of aliphatic hydroxyl groups excluding tert-OH is 1. The Morgan fingerprint density at radius 3 is 2.76 bits per heavy atom. The van der Waals surface area contributed by atoms with Crippen molar-refractivity contribution in [3.8, 4) is 0 Å². The molecule has 1 aliphatic heterocycles. The fourth-order valence-electron chi connectivity index (χ4n) is 3.65. The molecule has 2 atom stereocenters. The molecule has 2 unspecified atom stereocenters. The van der Waals surface area contributed by atoms with Crippen LogP contribution in [0.3, 0.4) is 0 Å². The Hall–Kier alpha value is -1.35. The highest BCUT2D eigenvalue weighted by atomic mass is 16.3. The van der Waals surface area contributed by atoms with Crippen molar-refractivity contribution in [3.63, 3.8) is 0 Å². The second-order valence-corrected chi connectivity index (χ2v) is 6.62. The Morgan fingerprint density at radius 2 is 2.00 bits per heavy atom.